The highest BCUT2D eigenvalue weighted by Gasteiger charge is 2.73. The first-order valence-electron chi connectivity index (χ1n) is 11.2. The van der Waals surface area contributed by atoms with E-state index in [1.54, 1.807) is 0 Å². The zero-order valence-electron chi connectivity index (χ0n) is 17.4. The average molecular weight is 377 g/mol. The Morgan fingerprint density at radius 2 is 1.81 bits per heavy atom. The molecule has 0 radical (unpaired) electrons. The topological polar surface area (TPSA) is 55.8 Å². The van der Waals surface area contributed by atoms with Crippen molar-refractivity contribution >= 4 is 5.97 Å². The Morgan fingerprint density at radius 1 is 1.07 bits per heavy atom. The van der Waals surface area contributed by atoms with Crippen molar-refractivity contribution in [3.05, 3.63) is 0 Å². The Balaban J connectivity index is 1.51. The lowest BCUT2D eigenvalue weighted by molar-refractivity contribution is -0.418. The summed E-state index contributed by atoms with van der Waals surface area (Å²) in [7, 11) is 1.51. The molecule has 4 nitrogen and oxygen atoms in total. The van der Waals surface area contributed by atoms with Crippen LogP contribution in [0.5, 0.6) is 0 Å². The van der Waals surface area contributed by atoms with Crippen LogP contribution in [0.25, 0.3) is 0 Å². The molecule has 6 aliphatic rings. The lowest BCUT2D eigenvalue weighted by atomic mass is 9.40. The van der Waals surface area contributed by atoms with Crippen molar-refractivity contribution < 1.29 is 19.4 Å². The third kappa shape index (κ3) is 2.10. The molecule has 9 atom stereocenters. The zero-order chi connectivity index (χ0) is 19.2. The van der Waals surface area contributed by atoms with Crippen LogP contribution in [0.1, 0.15) is 78.6 Å². The van der Waals surface area contributed by atoms with Crippen LogP contribution in [0, 0.1) is 40.4 Å². The number of esters is 1. The minimum Gasteiger partial charge on any atom is -0.469 e. The van der Waals surface area contributed by atoms with Crippen LogP contribution in [-0.2, 0) is 14.3 Å². The standard InChI is InChI=1S/C23H36O4/c1-14(19(24)26-4)16-7-8-17-18-6-5-15-13-22(25)11-10-21(15,3)23(18,27-22)12-9-20(16,17)2/h14-18,25H,5-13H2,1-4H3/t14-,15+,16+,17?,18?,20+,21-,22?,23+/m0/s1. The fourth-order valence-corrected chi connectivity index (χ4v) is 9.01. The minimum absolute atomic E-state index is 0.0288. The van der Waals surface area contributed by atoms with Crippen molar-refractivity contribution in [3.63, 3.8) is 0 Å². The van der Waals surface area contributed by atoms with Gasteiger partial charge in [-0.2, -0.15) is 0 Å². The van der Waals surface area contributed by atoms with E-state index < -0.39 is 5.79 Å². The maximum Gasteiger partial charge on any atom is 0.308 e. The predicted molar refractivity (Wildman–Crippen MR) is 102 cm³/mol. The van der Waals surface area contributed by atoms with E-state index in [2.05, 4.69) is 20.8 Å². The van der Waals surface area contributed by atoms with E-state index in [0.29, 0.717) is 23.7 Å². The summed E-state index contributed by atoms with van der Waals surface area (Å²) in [5, 5.41) is 11.1. The molecule has 2 heterocycles. The third-order valence-corrected chi connectivity index (χ3v) is 10.4. The predicted octanol–water partition coefficient (Wildman–Crippen LogP) is 4.30. The van der Waals surface area contributed by atoms with Crippen molar-refractivity contribution in [2.45, 2.75) is 89.9 Å². The summed E-state index contributed by atoms with van der Waals surface area (Å²) >= 11 is 0. The first-order valence-corrected chi connectivity index (χ1v) is 11.2. The highest BCUT2D eigenvalue weighted by atomic mass is 16.6. The SMILES string of the molecule is COC(=O)[C@@H](C)[C@H]1CCC2C3CC[C@@H]4CC5(O)CC[C@]4(C)[C@]3(CC[C@@]21C)O5. The van der Waals surface area contributed by atoms with E-state index >= 15 is 0 Å². The maximum atomic E-state index is 12.3. The van der Waals surface area contributed by atoms with Crippen molar-refractivity contribution in [1.82, 2.24) is 0 Å². The second-order valence-electron chi connectivity index (χ2n) is 11.0. The van der Waals surface area contributed by atoms with E-state index in [9.17, 15) is 9.90 Å². The van der Waals surface area contributed by atoms with Crippen LogP contribution >= 0.6 is 0 Å². The Hall–Kier alpha value is -0.610. The summed E-state index contributed by atoms with van der Waals surface area (Å²) in [6.07, 6.45) is 9.68. The molecular weight excluding hydrogens is 340 g/mol. The van der Waals surface area contributed by atoms with Crippen LogP contribution in [0.15, 0.2) is 0 Å². The van der Waals surface area contributed by atoms with Gasteiger partial charge in [-0.15, -0.1) is 0 Å². The highest BCUT2D eigenvalue weighted by Crippen LogP contribution is 2.74. The molecule has 27 heavy (non-hydrogen) atoms. The molecule has 1 spiro atoms. The Kier molecular flexibility index (Phi) is 3.75. The Morgan fingerprint density at radius 3 is 2.56 bits per heavy atom. The highest BCUT2D eigenvalue weighted by molar-refractivity contribution is 5.72. The number of ether oxygens (including phenoxy) is 2. The van der Waals surface area contributed by atoms with E-state index in [4.69, 9.17) is 9.47 Å². The van der Waals surface area contributed by atoms with Crippen molar-refractivity contribution in [2.75, 3.05) is 7.11 Å². The van der Waals surface area contributed by atoms with Gasteiger partial charge in [-0.3, -0.25) is 4.79 Å². The lowest BCUT2D eigenvalue weighted by Gasteiger charge is -2.73. The van der Waals surface area contributed by atoms with Crippen molar-refractivity contribution in [1.29, 1.82) is 0 Å². The van der Waals surface area contributed by atoms with Crippen LogP contribution in [0.3, 0.4) is 0 Å². The van der Waals surface area contributed by atoms with Gasteiger partial charge in [-0.05, 0) is 74.0 Å². The van der Waals surface area contributed by atoms with E-state index in [-0.39, 0.29) is 28.3 Å². The smallest absolute Gasteiger partial charge is 0.308 e. The molecule has 1 N–H and O–H groups in total. The number of hydrogen-bond donors (Lipinski definition) is 1. The Bertz CT molecular complexity index is 663. The quantitative estimate of drug-likeness (QED) is 0.730. The summed E-state index contributed by atoms with van der Waals surface area (Å²) in [6.45, 7) is 6.97. The van der Waals surface area contributed by atoms with E-state index in [1.165, 1.54) is 26.4 Å². The average Bonchev–Trinajstić information content (AvgIpc) is 2.97. The van der Waals surface area contributed by atoms with Gasteiger partial charge in [0.2, 0.25) is 0 Å². The zero-order valence-corrected chi connectivity index (χ0v) is 17.4. The summed E-state index contributed by atoms with van der Waals surface area (Å²) in [4.78, 5) is 12.3. The first-order chi connectivity index (χ1) is 12.7. The van der Waals surface area contributed by atoms with Gasteiger partial charge >= 0.3 is 5.97 Å². The molecule has 4 saturated carbocycles. The molecule has 4 bridgehead atoms. The molecule has 0 amide bonds. The van der Waals surface area contributed by atoms with E-state index in [1.807, 2.05) is 0 Å². The van der Waals surface area contributed by atoms with Gasteiger partial charge in [0.15, 0.2) is 5.79 Å². The van der Waals surface area contributed by atoms with Gasteiger partial charge < -0.3 is 14.6 Å². The largest absolute Gasteiger partial charge is 0.469 e. The molecule has 2 aliphatic heterocycles. The van der Waals surface area contributed by atoms with Crippen LogP contribution in [0.4, 0.5) is 0 Å². The maximum absolute atomic E-state index is 12.3. The third-order valence-electron chi connectivity index (χ3n) is 10.4. The summed E-state index contributed by atoms with van der Waals surface area (Å²) in [6, 6.07) is 0. The second kappa shape index (κ2) is 5.50. The fraction of sp³-hybridized carbons (Fsp3) is 0.957. The molecule has 6 fully saturated rings. The molecule has 0 aromatic rings. The lowest BCUT2D eigenvalue weighted by Crippen LogP contribution is -2.74. The van der Waals surface area contributed by atoms with Crippen LogP contribution in [-0.4, -0.2) is 29.6 Å². The number of carbonyl (C=O) groups is 1. The number of fused-ring (bicyclic) bond motifs is 3. The molecule has 152 valence electrons. The molecular formula is C23H36O4. The second-order valence-corrected chi connectivity index (χ2v) is 11.0. The normalized spacial score (nSPS) is 56.9. The molecule has 4 heteroatoms. The molecule has 6 rings (SSSR count). The molecule has 2 saturated heterocycles. The summed E-state index contributed by atoms with van der Waals surface area (Å²) < 4.78 is 11.8. The van der Waals surface area contributed by atoms with Gasteiger partial charge in [-0.25, -0.2) is 0 Å². The number of hydrogen-bond acceptors (Lipinski definition) is 4. The van der Waals surface area contributed by atoms with Gasteiger partial charge in [0.1, 0.15) is 0 Å². The van der Waals surface area contributed by atoms with Gasteiger partial charge in [0.05, 0.1) is 18.6 Å². The van der Waals surface area contributed by atoms with Gasteiger partial charge in [-0.1, -0.05) is 20.8 Å². The van der Waals surface area contributed by atoms with Crippen molar-refractivity contribution in [2.24, 2.45) is 40.4 Å². The molecule has 0 aromatic heterocycles. The minimum atomic E-state index is -0.883. The van der Waals surface area contributed by atoms with Crippen molar-refractivity contribution in [3.8, 4) is 0 Å². The number of carbonyl (C=O) groups excluding carboxylic acids is 1. The Labute approximate surface area is 163 Å². The van der Waals surface area contributed by atoms with Gasteiger partial charge in [0, 0.05) is 18.3 Å². The molecule has 4 aliphatic carbocycles. The molecule has 3 unspecified atom stereocenters. The number of aliphatic hydroxyl groups is 1. The number of methoxy groups -OCH3 is 1. The van der Waals surface area contributed by atoms with Crippen LogP contribution < -0.4 is 0 Å². The van der Waals surface area contributed by atoms with Gasteiger partial charge in [0.25, 0.3) is 0 Å². The van der Waals surface area contributed by atoms with E-state index in [0.717, 1.165) is 38.5 Å². The monoisotopic (exact) mass is 376 g/mol. The van der Waals surface area contributed by atoms with Crippen LogP contribution in [0.2, 0.25) is 0 Å². The first kappa shape index (κ1) is 18.4. The molecule has 0 aromatic carbocycles. The number of rotatable bonds is 2. The fourth-order valence-electron chi connectivity index (χ4n) is 9.01. The summed E-state index contributed by atoms with van der Waals surface area (Å²) in [5.41, 5.74) is 0.262. The summed E-state index contributed by atoms with van der Waals surface area (Å²) in [5.74, 6) is 1.17.